The Morgan fingerprint density at radius 2 is 1.79 bits per heavy atom. The van der Waals surface area contributed by atoms with Crippen LogP contribution in [0.2, 0.25) is 5.02 Å². The molecule has 0 aliphatic rings. The Labute approximate surface area is 175 Å². The third kappa shape index (κ3) is 6.87. The number of urea groups is 1. The smallest absolute Gasteiger partial charge is 0.332 e. The number of hydrogen-bond acceptors (Lipinski definition) is 5. The summed E-state index contributed by atoms with van der Waals surface area (Å²) < 4.78 is 17.4. The normalized spacial score (nSPS) is 10.8. The van der Waals surface area contributed by atoms with Crippen molar-refractivity contribution in [2.75, 3.05) is 19.8 Å². The highest BCUT2D eigenvalue weighted by Gasteiger charge is 2.12. The average molecular weight is 420 g/mol. The van der Waals surface area contributed by atoms with E-state index in [4.69, 9.17) is 31.5 Å². The third-order valence-corrected chi connectivity index (χ3v) is 4.19. The first-order chi connectivity index (χ1) is 13.9. The fraction of sp³-hybridized carbons (Fsp3) is 0.333. The zero-order chi connectivity index (χ0) is 21.2. The third-order valence-electron chi connectivity index (χ3n) is 3.91. The minimum Gasteiger partial charge on any atom is -0.493 e. The molecule has 3 N–H and O–H groups in total. The van der Waals surface area contributed by atoms with E-state index in [1.165, 1.54) is 6.21 Å². The van der Waals surface area contributed by atoms with E-state index < -0.39 is 6.03 Å². The number of ether oxygens (including phenoxy) is 3. The van der Waals surface area contributed by atoms with Crippen LogP contribution in [0.15, 0.2) is 35.4 Å². The van der Waals surface area contributed by atoms with Gasteiger partial charge in [0.25, 0.3) is 0 Å². The maximum Gasteiger partial charge on any atom is 0.332 e. The van der Waals surface area contributed by atoms with Crippen LogP contribution in [0, 0.1) is 13.8 Å². The Morgan fingerprint density at radius 3 is 2.41 bits per heavy atom. The topological polar surface area (TPSA) is 95.2 Å². The number of rotatable bonds is 10. The number of amides is 2. The fourth-order valence-corrected chi connectivity index (χ4v) is 2.94. The number of hydrogen-bond donors (Lipinski definition) is 2. The van der Waals surface area contributed by atoms with Crippen LogP contribution in [0.25, 0.3) is 0 Å². The lowest BCUT2D eigenvalue weighted by atomic mass is 10.1. The zero-order valence-corrected chi connectivity index (χ0v) is 17.6. The standard InChI is InChI=1S/C21H26ClN3O4/c1-4-27-18-12-16(13-24-25-21(23)26)11-17(22)20(18)29-10-6-9-28-19-14(2)7-5-8-15(19)3/h5,7-8,11-13H,4,6,9-10H2,1-3H3,(H3,23,25,26)/b24-13+. The molecule has 8 heteroatoms. The van der Waals surface area contributed by atoms with Crippen molar-refractivity contribution in [1.29, 1.82) is 0 Å². The number of carbonyl (C=O) groups is 1. The van der Waals surface area contributed by atoms with Gasteiger partial charge in [-0.25, -0.2) is 10.2 Å². The Kier molecular flexibility index (Phi) is 8.61. The van der Waals surface area contributed by atoms with E-state index in [1.807, 2.05) is 39.0 Å². The molecule has 156 valence electrons. The summed E-state index contributed by atoms with van der Waals surface area (Å²) in [7, 11) is 0. The lowest BCUT2D eigenvalue weighted by molar-refractivity contribution is 0.235. The van der Waals surface area contributed by atoms with E-state index in [9.17, 15) is 4.79 Å². The molecule has 0 heterocycles. The van der Waals surface area contributed by atoms with Gasteiger partial charge in [-0.1, -0.05) is 29.8 Å². The Bertz CT molecular complexity index is 851. The number of nitrogens with zero attached hydrogens (tertiary/aromatic N) is 1. The summed E-state index contributed by atoms with van der Waals surface area (Å²) in [6, 6.07) is 8.70. The number of nitrogens with two attached hydrogens (primary N) is 1. The highest BCUT2D eigenvalue weighted by molar-refractivity contribution is 6.32. The van der Waals surface area contributed by atoms with Gasteiger partial charge in [0.2, 0.25) is 0 Å². The van der Waals surface area contributed by atoms with E-state index in [-0.39, 0.29) is 0 Å². The van der Waals surface area contributed by atoms with E-state index in [2.05, 4.69) is 10.5 Å². The largest absolute Gasteiger partial charge is 0.493 e. The summed E-state index contributed by atoms with van der Waals surface area (Å²) >= 11 is 6.35. The van der Waals surface area contributed by atoms with Crippen molar-refractivity contribution in [3.8, 4) is 17.2 Å². The summed E-state index contributed by atoms with van der Waals surface area (Å²) in [6.45, 7) is 7.31. The molecule has 2 aromatic carbocycles. The predicted molar refractivity (Wildman–Crippen MR) is 114 cm³/mol. The SMILES string of the molecule is CCOc1cc(/C=N/NC(N)=O)cc(Cl)c1OCCCOc1c(C)cccc1C. The van der Waals surface area contributed by atoms with Crippen molar-refractivity contribution in [3.63, 3.8) is 0 Å². The van der Waals surface area contributed by atoms with Gasteiger partial charge in [-0.05, 0) is 49.6 Å². The zero-order valence-electron chi connectivity index (χ0n) is 16.8. The second kappa shape index (κ2) is 11.2. The highest BCUT2D eigenvalue weighted by atomic mass is 35.5. The Morgan fingerprint density at radius 1 is 1.14 bits per heavy atom. The summed E-state index contributed by atoms with van der Waals surface area (Å²) in [4.78, 5) is 10.7. The molecule has 0 fully saturated rings. The van der Waals surface area contributed by atoms with Gasteiger partial charge in [-0.2, -0.15) is 5.10 Å². The number of hydrazone groups is 1. The van der Waals surface area contributed by atoms with Gasteiger partial charge >= 0.3 is 6.03 Å². The molecule has 2 rings (SSSR count). The molecule has 0 saturated heterocycles. The predicted octanol–water partition coefficient (Wildman–Crippen LogP) is 4.21. The lowest BCUT2D eigenvalue weighted by Gasteiger charge is -2.15. The molecule has 0 aliphatic heterocycles. The van der Waals surface area contributed by atoms with Gasteiger partial charge < -0.3 is 19.9 Å². The number of para-hydroxylation sites is 1. The van der Waals surface area contributed by atoms with Gasteiger partial charge in [0.1, 0.15) is 5.75 Å². The second-order valence-electron chi connectivity index (χ2n) is 6.27. The van der Waals surface area contributed by atoms with Gasteiger partial charge in [0.15, 0.2) is 11.5 Å². The summed E-state index contributed by atoms with van der Waals surface area (Å²) in [5.41, 5.74) is 9.96. The van der Waals surface area contributed by atoms with E-state index in [0.29, 0.717) is 48.3 Å². The first-order valence-corrected chi connectivity index (χ1v) is 9.66. The number of benzene rings is 2. The van der Waals surface area contributed by atoms with Gasteiger partial charge in [0.05, 0.1) is 31.1 Å². The van der Waals surface area contributed by atoms with E-state index in [1.54, 1.807) is 12.1 Å². The van der Waals surface area contributed by atoms with Crippen LogP contribution in [0.3, 0.4) is 0 Å². The number of halogens is 1. The maximum absolute atomic E-state index is 10.7. The van der Waals surface area contributed by atoms with Crippen LogP contribution in [0.5, 0.6) is 17.2 Å². The molecule has 0 bridgehead atoms. The second-order valence-corrected chi connectivity index (χ2v) is 6.68. The molecule has 2 aromatic rings. The molecule has 0 aromatic heterocycles. The minimum atomic E-state index is -0.750. The van der Waals surface area contributed by atoms with Crippen LogP contribution in [-0.2, 0) is 0 Å². The molecule has 29 heavy (non-hydrogen) atoms. The molecule has 0 atom stereocenters. The monoisotopic (exact) mass is 419 g/mol. The molecule has 7 nitrogen and oxygen atoms in total. The molecular weight excluding hydrogens is 394 g/mol. The molecule has 0 unspecified atom stereocenters. The van der Waals surface area contributed by atoms with Gasteiger partial charge in [-0.15, -0.1) is 0 Å². The van der Waals surface area contributed by atoms with Crippen LogP contribution in [0.4, 0.5) is 4.79 Å². The highest BCUT2D eigenvalue weighted by Crippen LogP contribution is 2.36. The van der Waals surface area contributed by atoms with Crippen molar-refractivity contribution in [2.45, 2.75) is 27.2 Å². The van der Waals surface area contributed by atoms with Crippen LogP contribution >= 0.6 is 11.6 Å². The first-order valence-electron chi connectivity index (χ1n) is 9.29. The van der Waals surface area contributed by atoms with Gasteiger partial charge in [0, 0.05) is 6.42 Å². The Hall–Kier alpha value is -2.93. The number of aryl methyl sites for hydroxylation is 2. The van der Waals surface area contributed by atoms with Gasteiger partial charge in [-0.3, -0.25) is 0 Å². The van der Waals surface area contributed by atoms with Crippen molar-refractivity contribution in [1.82, 2.24) is 5.43 Å². The summed E-state index contributed by atoms with van der Waals surface area (Å²) in [5, 5.41) is 4.10. The number of primary amides is 1. The van der Waals surface area contributed by atoms with E-state index >= 15 is 0 Å². The average Bonchev–Trinajstić information content (AvgIpc) is 2.65. The number of carbonyl (C=O) groups excluding carboxylic acids is 1. The molecular formula is C21H26ClN3O4. The minimum absolute atomic E-state index is 0.382. The van der Waals surface area contributed by atoms with Crippen LogP contribution in [0.1, 0.15) is 30.0 Å². The van der Waals surface area contributed by atoms with E-state index in [0.717, 1.165) is 16.9 Å². The van der Waals surface area contributed by atoms with Crippen LogP contribution < -0.4 is 25.4 Å². The Balaban J connectivity index is 1.96. The molecule has 0 aliphatic carbocycles. The summed E-state index contributed by atoms with van der Waals surface area (Å²) in [5.74, 6) is 1.87. The lowest BCUT2D eigenvalue weighted by Crippen LogP contribution is -2.24. The van der Waals surface area contributed by atoms with Crippen molar-refractivity contribution in [3.05, 3.63) is 52.0 Å². The number of nitrogens with one attached hydrogen (secondary N) is 1. The fourth-order valence-electron chi connectivity index (χ4n) is 2.67. The van der Waals surface area contributed by atoms with Crippen LogP contribution in [-0.4, -0.2) is 32.1 Å². The molecule has 0 saturated carbocycles. The van der Waals surface area contributed by atoms with Crippen molar-refractivity contribution < 1.29 is 19.0 Å². The quantitative estimate of drug-likeness (QED) is 0.342. The maximum atomic E-state index is 10.7. The first kappa shape index (κ1) is 22.4. The molecule has 0 spiro atoms. The molecule has 2 amide bonds. The molecule has 0 radical (unpaired) electrons. The summed E-state index contributed by atoms with van der Waals surface area (Å²) in [6.07, 6.45) is 2.10. The van der Waals surface area contributed by atoms with Crippen molar-refractivity contribution >= 4 is 23.8 Å². The van der Waals surface area contributed by atoms with Crippen molar-refractivity contribution in [2.24, 2.45) is 10.8 Å².